The fourth-order valence-electron chi connectivity index (χ4n) is 3.36. The summed E-state index contributed by atoms with van der Waals surface area (Å²) in [6, 6.07) is 5.33. The summed E-state index contributed by atoms with van der Waals surface area (Å²) in [5, 5.41) is 16.1. The number of rotatable bonds is 5. The van der Waals surface area contributed by atoms with Crippen LogP contribution in [0.4, 0.5) is 11.5 Å². The lowest BCUT2D eigenvalue weighted by Crippen LogP contribution is -2.45. The van der Waals surface area contributed by atoms with Crippen molar-refractivity contribution in [1.82, 2.24) is 24.7 Å². The van der Waals surface area contributed by atoms with Gasteiger partial charge >= 0.3 is 0 Å². The van der Waals surface area contributed by atoms with Gasteiger partial charge in [0.15, 0.2) is 5.82 Å². The predicted molar refractivity (Wildman–Crippen MR) is 111 cm³/mol. The standard InChI is InChI=1S/C21H22N8O/c1-13-19-20(28(3)14(2)21(30)27-19)26-18(25-13)7-5-16-10-24-29(12-16)11-15-4-6-17(8-22)23-9-15/h4,6,9-10,12,14H,5,7,11H2,1-3H3,(H,27,30)/t14-/m0/s1. The lowest BCUT2D eigenvalue weighted by atomic mass is 10.1. The van der Waals surface area contributed by atoms with Crippen LogP contribution < -0.4 is 10.2 Å². The number of nitrogens with zero attached hydrogens (tertiary/aromatic N) is 7. The monoisotopic (exact) mass is 402 g/mol. The van der Waals surface area contributed by atoms with E-state index in [9.17, 15) is 4.79 Å². The second-order valence-corrected chi connectivity index (χ2v) is 7.41. The third kappa shape index (κ3) is 3.85. The zero-order valence-electron chi connectivity index (χ0n) is 17.1. The first-order valence-electron chi connectivity index (χ1n) is 9.72. The summed E-state index contributed by atoms with van der Waals surface area (Å²) >= 11 is 0. The van der Waals surface area contributed by atoms with Crippen LogP contribution in [0.1, 0.15) is 35.3 Å². The van der Waals surface area contributed by atoms with Crippen molar-refractivity contribution in [3.05, 3.63) is 59.1 Å². The maximum absolute atomic E-state index is 12.0. The highest BCUT2D eigenvalue weighted by atomic mass is 16.2. The van der Waals surface area contributed by atoms with Crippen LogP contribution in [0.3, 0.4) is 0 Å². The van der Waals surface area contributed by atoms with Gasteiger partial charge in [-0.1, -0.05) is 6.07 Å². The number of carbonyl (C=O) groups is 1. The van der Waals surface area contributed by atoms with E-state index in [1.54, 1.807) is 12.3 Å². The van der Waals surface area contributed by atoms with Crippen LogP contribution in [0.25, 0.3) is 0 Å². The minimum atomic E-state index is -0.269. The molecular weight excluding hydrogens is 380 g/mol. The lowest BCUT2D eigenvalue weighted by Gasteiger charge is -2.32. The van der Waals surface area contributed by atoms with Crippen molar-refractivity contribution in [3.63, 3.8) is 0 Å². The molecule has 152 valence electrons. The molecule has 30 heavy (non-hydrogen) atoms. The summed E-state index contributed by atoms with van der Waals surface area (Å²) in [4.78, 5) is 27.3. The Morgan fingerprint density at radius 2 is 2.03 bits per heavy atom. The Balaban J connectivity index is 1.44. The number of fused-ring (bicyclic) bond motifs is 1. The fourth-order valence-corrected chi connectivity index (χ4v) is 3.36. The predicted octanol–water partition coefficient (Wildman–Crippen LogP) is 1.86. The van der Waals surface area contributed by atoms with Gasteiger partial charge in [-0.2, -0.15) is 10.4 Å². The van der Waals surface area contributed by atoms with Gasteiger partial charge in [0.25, 0.3) is 0 Å². The molecule has 9 heteroatoms. The molecule has 9 nitrogen and oxygen atoms in total. The Labute approximate surface area is 174 Å². The first-order valence-corrected chi connectivity index (χ1v) is 9.72. The molecule has 0 bridgehead atoms. The molecule has 3 aromatic rings. The molecule has 0 aromatic carbocycles. The average Bonchev–Trinajstić information content (AvgIpc) is 3.19. The van der Waals surface area contributed by atoms with E-state index in [-0.39, 0.29) is 11.9 Å². The minimum Gasteiger partial charge on any atom is -0.346 e. The molecule has 1 aliphatic rings. The van der Waals surface area contributed by atoms with Crippen LogP contribution in [0.5, 0.6) is 0 Å². The van der Waals surface area contributed by atoms with Gasteiger partial charge in [0.05, 0.1) is 18.4 Å². The first kappa shape index (κ1) is 19.5. The molecule has 1 aliphatic heterocycles. The van der Waals surface area contributed by atoms with Crippen molar-refractivity contribution < 1.29 is 4.79 Å². The van der Waals surface area contributed by atoms with Gasteiger partial charge in [-0.3, -0.25) is 9.48 Å². The van der Waals surface area contributed by atoms with Crippen molar-refractivity contribution in [3.8, 4) is 6.07 Å². The quantitative estimate of drug-likeness (QED) is 0.693. The van der Waals surface area contributed by atoms with E-state index in [2.05, 4.69) is 25.4 Å². The van der Waals surface area contributed by atoms with Gasteiger partial charge in [0, 0.05) is 25.9 Å². The van der Waals surface area contributed by atoms with Crippen LogP contribution in [0.15, 0.2) is 30.7 Å². The molecule has 1 N–H and O–H groups in total. The Hall–Kier alpha value is -3.80. The van der Waals surface area contributed by atoms with Gasteiger partial charge in [0.2, 0.25) is 5.91 Å². The van der Waals surface area contributed by atoms with Crippen molar-refractivity contribution in [2.24, 2.45) is 0 Å². The van der Waals surface area contributed by atoms with Crippen molar-refractivity contribution in [1.29, 1.82) is 5.26 Å². The number of pyridine rings is 1. The Bertz CT molecular complexity index is 1130. The van der Waals surface area contributed by atoms with Crippen LogP contribution in [-0.4, -0.2) is 43.7 Å². The van der Waals surface area contributed by atoms with Crippen LogP contribution in [0, 0.1) is 18.3 Å². The molecule has 0 unspecified atom stereocenters. The number of anilines is 2. The van der Waals surface area contributed by atoms with Gasteiger partial charge in [-0.05, 0) is 37.5 Å². The summed E-state index contributed by atoms with van der Waals surface area (Å²) in [5.74, 6) is 1.45. The number of hydrogen-bond acceptors (Lipinski definition) is 7. The summed E-state index contributed by atoms with van der Waals surface area (Å²) < 4.78 is 1.85. The highest BCUT2D eigenvalue weighted by molar-refractivity contribution is 6.02. The summed E-state index contributed by atoms with van der Waals surface area (Å²) in [6.45, 7) is 4.33. The summed E-state index contributed by atoms with van der Waals surface area (Å²) in [7, 11) is 1.88. The number of nitrogens with one attached hydrogen (secondary N) is 1. The zero-order valence-corrected chi connectivity index (χ0v) is 17.1. The Morgan fingerprint density at radius 3 is 2.77 bits per heavy atom. The third-order valence-electron chi connectivity index (χ3n) is 5.27. The van der Waals surface area contributed by atoms with E-state index in [1.807, 2.05) is 55.0 Å². The Kier molecular flexibility index (Phi) is 5.14. The van der Waals surface area contributed by atoms with Gasteiger partial charge < -0.3 is 10.2 Å². The molecule has 3 aromatic heterocycles. The molecule has 0 aliphatic carbocycles. The summed E-state index contributed by atoms with van der Waals surface area (Å²) in [5.41, 5.74) is 3.93. The van der Waals surface area contributed by atoms with Gasteiger partial charge in [-0.25, -0.2) is 15.0 Å². The molecule has 0 saturated heterocycles. The lowest BCUT2D eigenvalue weighted by molar-refractivity contribution is -0.117. The number of likely N-dealkylation sites (N-methyl/N-ethyl adjacent to an activating group) is 1. The molecule has 4 heterocycles. The number of aryl methyl sites for hydroxylation is 3. The molecule has 0 radical (unpaired) electrons. The maximum atomic E-state index is 12.0. The van der Waals surface area contributed by atoms with Crippen LogP contribution in [-0.2, 0) is 24.2 Å². The first-order chi connectivity index (χ1) is 14.4. The summed E-state index contributed by atoms with van der Waals surface area (Å²) in [6.07, 6.45) is 6.97. The van der Waals surface area contributed by atoms with Gasteiger partial charge in [0.1, 0.15) is 29.3 Å². The normalized spacial score (nSPS) is 15.5. The molecule has 1 atom stereocenters. The maximum Gasteiger partial charge on any atom is 0.246 e. The fraction of sp³-hybridized carbons (Fsp3) is 0.333. The highest BCUT2D eigenvalue weighted by Crippen LogP contribution is 2.31. The topological polar surface area (TPSA) is 113 Å². The molecule has 1 amide bonds. The van der Waals surface area contributed by atoms with E-state index in [0.717, 1.165) is 34.9 Å². The second-order valence-electron chi connectivity index (χ2n) is 7.41. The van der Waals surface area contributed by atoms with E-state index < -0.39 is 0 Å². The van der Waals surface area contributed by atoms with E-state index in [0.29, 0.717) is 24.3 Å². The molecule has 0 spiro atoms. The van der Waals surface area contributed by atoms with Gasteiger partial charge in [-0.15, -0.1) is 0 Å². The smallest absolute Gasteiger partial charge is 0.246 e. The highest BCUT2D eigenvalue weighted by Gasteiger charge is 2.30. The third-order valence-corrected chi connectivity index (χ3v) is 5.27. The Morgan fingerprint density at radius 1 is 1.20 bits per heavy atom. The van der Waals surface area contributed by atoms with Crippen LogP contribution >= 0.6 is 0 Å². The van der Waals surface area contributed by atoms with Crippen molar-refractivity contribution >= 4 is 17.4 Å². The largest absolute Gasteiger partial charge is 0.346 e. The number of nitriles is 1. The zero-order chi connectivity index (χ0) is 21.3. The van der Waals surface area contributed by atoms with Crippen molar-refractivity contribution in [2.45, 2.75) is 39.3 Å². The minimum absolute atomic E-state index is 0.0469. The van der Waals surface area contributed by atoms with E-state index in [4.69, 9.17) is 5.26 Å². The number of amides is 1. The molecule has 0 fully saturated rings. The van der Waals surface area contributed by atoms with E-state index in [1.165, 1.54) is 0 Å². The van der Waals surface area contributed by atoms with Crippen LogP contribution in [0.2, 0.25) is 0 Å². The SMILES string of the molecule is Cc1nc(CCc2cnn(Cc3ccc(C#N)nc3)c2)nc2c1NC(=O)[C@H](C)N2C. The van der Waals surface area contributed by atoms with Crippen molar-refractivity contribution in [2.75, 3.05) is 17.3 Å². The number of aromatic nitrogens is 5. The molecule has 0 saturated carbocycles. The average molecular weight is 402 g/mol. The number of carbonyl (C=O) groups excluding carboxylic acids is 1. The number of hydrogen-bond donors (Lipinski definition) is 1. The molecular formula is C21H22N8O. The second kappa shape index (κ2) is 7.91. The van der Waals surface area contributed by atoms with E-state index >= 15 is 0 Å². The molecule has 4 rings (SSSR count).